The molecule has 0 saturated heterocycles. The first-order valence-corrected chi connectivity index (χ1v) is 11.1. The molecule has 0 unspecified atom stereocenters. The Balaban J connectivity index is 2.12. The fraction of sp³-hybridized carbons (Fsp3) is 0.240. The zero-order valence-corrected chi connectivity index (χ0v) is 19.6. The van der Waals surface area contributed by atoms with Crippen molar-refractivity contribution in [3.05, 3.63) is 80.8 Å². The molecule has 4 aromatic rings. The van der Waals surface area contributed by atoms with Gasteiger partial charge in [0.05, 0.1) is 28.9 Å². The number of para-hydroxylation sites is 2. The van der Waals surface area contributed by atoms with Gasteiger partial charge in [-0.2, -0.15) is 13.2 Å². The number of alkyl halides is 3. The molecule has 2 heterocycles. The van der Waals surface area contributed by atoms with Gasteiger partial charge in [-0.1, -0.05) is 50.2 Å². The summed E-state index contributed by atoms with van der Waals surface area (Å²) in [5, 5.41) is -0.588. The Kier molecular flexibility index (Phi) is 6.31. The molecule has 1 N–H and O–H groups in total. The molecular weight excluding hydrogens is 463 g/mol. The van der Waals surface area contributed by atoms with Gasteiger partial charge in [0.2, 0.25) is 0 Å². The summed E-state index contributed by atoms with van der Waals surface area (Å²) in [6.07, 6.45) is -4.79. The third-order valence-electron chi connectivity index (χ3n) is 5.45. The van der Waals surface area contributed by atoms with E-state index >= 15 is 0 Å². The molecule has 0 aliphatic heterocycles. The van der Waals surface area contributed by atoms with Gasteiger partial charge >= 0.3 is 6.18 Å². The van der Waals surface area contributed by atoms with Crippen LogP contribution in [-0.2, 0) is 6.18 Å². The predicted molar refractivity (Wildman–Crippen MR) is 128 cm³/mol. The second-order valence-corrected chi connectivity index (χ2v) is 8.41. The molecule has 0 spiro atoms. The van der Waals surface area contributed by atoms with Crippen molar-refractivity contribution >= 4 is 23.3 Å². The van der Waals surface area contributed by atoms with Crippen LogP contribution in [0.4, 0.5) is 13.2 Å². The second kappa shape index (κ2) is 9.06. The Bertz CT molecular complexity index is 1470. The van der Waals surface area contributed by atoms with Crippen LogP contribution in [-0.4, -0.2) is 21.1 Å². The van der Waals surface area contributed by atoms with E-state index in [4.69, 9.17) is 17.0 Å². The van der Waals surface area contributed by atoms with Gasteiger partial charge < -0.3 is 4.74 Å². The van der Waals surface area contributed by atoms with Crippen LogP contribution in [0, 0.1) is 4.77 Å². The van der Waals surface area contributed by atoms with E-state index in [0.717, 1.165) is 11.6 Å². The van der Waals surface area contributed by atoms with Crippen LogP contribution in [0.5, 0.6) is 5.75 Å². The highest BCUT2D eigenvalue weighted by Crippen LogP contribution is 2.37. The van der Waals surface area contributed by atoms with Crippen LogP contribution in [0.15, 0.2) is 59.4 Å². The third-order valence-corrected chi connectivity index (χ3v) is 5.73. The van der Waals surface area contributed by atoms with Gasteiger partial charge in [-0.15, -0.1) is 0 Å². The van der Waals surface area contributed by atoms with E-state index in [0.29, 0.717) is 23.6 Å². The lowest BCUT2D eigenvalue weighted by atomic mass is 10.00. The van der Waals surface area contributed by atoms with Crippen molar-refractivity contribution in [3.8, 4) is 22.7 Å². The lowest BCUT2D eigenvalue weighted by molar-refractivity contribution is -0.136. The normalized spacial score (nSPS) is 11.9. The van der Waals surface area contributed by atoms with Gasteiger partial charge in [-0.05, 0) is 48.8 Å². The first-order valence-electron chi connectivity index (χ1n) is 10.7. The van der Waals surface area contributed by atoms with Crippen molar-refractivity contribution in [1.82, 2.24) is 14.5 Å². The van der Waals surface area contributed by atoms with Crippen LogP contribution < -0.4 is 10.3 Å². The molecule has 0 atom stereocenters. The molecule has 0 aliphatic rings. The number of nitrogens with one attached hydrogen (secondary N) is 1. The lowest BCUT2D eigenvalue weighted by Gasteiger charge is -2.18. The molecule has 0 radical (unpaired) electrons. The van der Waals surface area contributed by atoms with Crippen LogP contribution in [0.3, 0.4) is 0 Å². The summed E-state index contributed by atoms with van der Waals surface area (Å²) < 4.78 is 49.4. The van der Waals surface area contributed by atoms with Crippen molar-refractivity contribution in [1.29, 1.82) is 0 Å². The number of nitrogens with zero attached hydrogens (tertiary/aromatic N) is 2. The van der Waals surface area contributed by atoms with Gasteiger partial charge in [0.15, 0.2) is 10.4 Å². The maximum absolute atomic E-state index is 14.2. The number of rotatable bonds is 5. The fourth-order valence-electron chi connectivity index (χ4n) is 3.78. The molecule has 2 aromatic carbocycles. The fourth-order valence-corrected chi connectivity index (χ4v) is 4.06. The van der Waals surface area contributed by atoms with E-state index in [-0.39, 0.29) is 22.0 Å². The number of hydrogen-bond donors (Lipinski definition) is 1. The van der Waals surface area contributed by atoms with E-state index < -0.39 is 22.7 Å². The first kappa shape index (κ1) is 23.7. The summed E-state index contributed by atoms with van der Waals surface area (Å²) in [7, 11) is 0. The van der Waals surface area contributed by atoms with Crippen LogP contribution >= 0.6 is 12.2 Å². The van der Waals surface area contributed by atoms with Crippen LogP contribution in [0.2, 0.25) is 0 Å². The summed E-state index contributed by atoms with van der Waals surface area (Å²) in [5.74, 6) is 0.666. The second-order valence-electron chi connectivity index (χ2n) is 8.02. The van der Waals surface area contributed by atoms with Crippen molar-refractivity contribution in [2.75, 3.05) is 6.61 Å². The number of fused-ring (bicyclic) bond motifs is 1. The maximum Gasteiger partial charge on any atom is 0.417 e. The molecule has 5 nitrogen and oxygen atoms in total. The largest absolute Gasteiger partial charge is 0.492 e. The minimum Gasteiger partial charge on any atom is -0.492 e. The number of ether oxygens (including phenoxy) is 1. The molecule has 2 aromatic heterocycles. The highest BCUT2D eigenvalue weighted by atomic mass is 32.1. The topological polar surface area (TPSA) is 59.9 Å². The standard InChI is InChI=1S/C25H22F3N3O2S/c1-4-33-20-8-6-5-7-19(20)31-22-21(23(32)30-24(31)34)17(25(26,27)28)13-18(29-22)16-11-9-15(10-12-16)14(2)3/h5-14H,4H2,1-3H3,(H,30,32,34). The zero-order valence-electron chi connectivity index (χ0n) is 18.7. The molecule has 34 heavy (non-hydrogen) atoms. The summed E-state index contributed by atoms with van der Waals surface area (Å²) >= 11 is 5.37. The van der Waals surface area contributed by atoms with Crippen molar-refractivity contribution in [2.45, 2.75) is 32.9 Å². The molecule has 0 amide bonds. The lowest BCUT2D eigenvalue weighted by Crippen LogP contribution is -2.20. The molecule has 0 saturated carbocycles. The van der Waals surface area contributed by atoms with Crippen molar-refractivity contribution in [2.24, 2.45) is 0 Å². The van der Waals surface area contributed by atoms with Crippen molar-refractivity contribution in [3.63, 3.8) is 0 Å². The average Bonchev–Trinajstić information content (AvgIpc) is 2.79. The van der Waals surface area contributed by atoms with Crippen LogP contribution in [0.25, 0.3) is 28.0 Å². The summed E-state index contributed by atoms with van der Waals surface area (Å²) in [5.41, 5.74) is -0.232. The Morgan fingerprint density at radius 3 is 2.41 bits per heavy atom. The molecule has 0 fully saturated rings. The molecule has 4 rings (SSSR count). The summed E-state index contributed by atoms with van der Waals surface area (Å²) in [6.45, 7) is 6.18. The van der Waals surface area contributed by atoms with Crippen LogP contribution in [0.1, 0.15) is 37.8 Å². The Morgan fingerprint density at radius 1 is 1.12 bits per heavy atom. The minimum absolute atomic E-state index is 0.0813. The number of halogens is 3. The number of pyridine rings is 1. The van der Waals surface area contributed by atoms with Gasteiger partial charge in [-0.3, -0.25) is 14.3 Å². The number of H-pyrrole nitrogens is 1. The zero-order chi connectivity index (χ0) is 24.6. The van der Waals surface area contributed by atoms with E-state index in [1.54, 1.807) is 43.3 Å². The highest BCUT2D eigenvalue weighted by molar-refractivity contribution is 7.71. The molecule has 9 heteroatoms. The first-order chi connectivity index (χ1) is 16.1. The van der Waals surface area contributed by atoms with Gasteiger partial charge in [-0.25, -0.2) is 4.98 Å². The minimum atomic E-state index is -4.79. The number of benzene rings is 2. The van der Waals surface area contributed by atoms with Crippen molar-refractivity contribution < 1.29 is 17.9 Å². The monoisotopic (exact) mass is 485 g/mol. The Labute approximate surface area is 198 Å². The quantitative estimate of drug-likeness (QED) is 0.322. The number of aromatic nitrogens is 3. The van der Waals surface area contributed by atoms with E-state index in [2.05, 4.69) is 9.97 Å². The SMILES string of the molecule is CCOc1ccccc1-n1c(=S)[nH]c(=O)c2c(C(F)(F)F)cc(-c3ccc(C(C)C)cc3)nc21. The van der Waals surface area contributed by atoms with E-state index in [1.165, 1.54) is 4.57 Å². The number of aromatic amines is 1. The maximum atomic E-state index is 14.2. The smallest absolute Gasteiger partial charge is 0.417 e. The average molecular weight is 486 g/mol. The summed E-state index contributed by atoms with van der Waals surface area (Å²) in [6, 6.07) is 14.8. The van der Waals surface area contributed by atoms with Gasteiger partial charge in [0, 0.05) is 5.56 Å². The molecular formula is C25H22F3N3O2S. The Hall–Kier alpha value is -3.46. The van der Waals surface area contributed by atoms with Gasteiger partial charge in [0.25, 0.3) is 5.56 Å². The highest BCUT2D eigenvalue weighted by Gasteiger charge is 2.36. The van der Waals surface area contributed by atoms with E-state index in [1.807, 2.05) is 26.0 Å². The van der Waals surface area contributed by atoms with Gasteiger partial charge in [0.1, 0.15) is 5.75 Å². The number of hydrogen-bond acceptors (Lipinski definition) is 4. The third kappa shape index (κ3) is 4.35. The Morgan fingerprint density at radius 2 is 1.79 bits per heavy atom. The molecule has 0 aliphatic carbocycles. The predicted octanol–water partition coefficient (Wildman–Crippen LogP) is 6.65. The molecule has 0 bridgehead atoms. The van der Waals surface area contributed by atoms with E-state index in [9.17, 15) is 18.0 Å². The molecule has 176 valence electrons. The summed E-state index contributed by atoms with van der Waals surface area (Å²) in [4.78, 5) is 19.6.